The van der Waals surface area contributed by atoms with Crippen molar-refractivity contribution in [2.45, 2.75) is 19.6 Å². The van der Waals surface area contributed by atoms with E-state index in [1.54, 1.807) is 18.4 Å². The highest BCUT2D eigenvalue weighted by atomic mass is 32.1. The van der Waals surface area contributed by atoms with Crippen LogP contribution in [0, 0.1) is 6.92 Å². The molecule has 0 aliphatic carbocycles. The first-order valence-corrected chi connectivity index (χ1v) is 11.6. The first-order chi connectivity index (χ1) is 15.6. The fourth-order valence-electron chi connectivity index (χ4n) is 4.19. The fourth-order valence-corrected chi connectivity index (χ4v) is 4.88. The van der Waals surface area contributed by atoms with Crippen LogP contribution in [0.1, 0.15) is 23.1 Å². The van der Waals surface area contributed by atoms with Crippen LogP contribution in [0.25, 0.3) is 10.9 Å². The zero-order valence-electron chi connectivity index (χ0n) is 18.5. The van der Waals surface area contributed by atoms with Crippen LogP contribution >= 0.6 is 11.3 Å². The van der Waals surface area contributed by atoms with Gasteiger partial charge in [0, 0.05) is 49.7 Å². The largest absolute Gasteiger partial charge is 0.497 e. The summed E-state index contributed by atoms with van der Waals surface area (Å²) in [4.78, 5) is 11.7. The topological polar surface area (TPSA) is 64.4 Å². The summed E-state index contributed by atoms with van der Waals surface area (Å²) in [5.74, 6) is 1.67. The van der Waals surface area contributed by atoms with E-state index in [0.29, 0.717) is 6.61 Å². The Morgan fingerprint density at radius 2 is 2.16 bits per heavy atom. The fraction of sp³-hybridized carbons (Fsp3) is 0.333. The molecule has 0 amide bonds. The smallest absolute Gasteiger partial charge is 0.188 e. The molecule has 0 spiro atoms. The monoisotopic (exact) mass is 449 g/mol. The molecule has 1 fully saturated rings. The normalized spacial score (nSPS) is 17.0. The third-order valence-corrected chi connectivity index (χ3v) is 6.65. The number of nitrogens with one attached hydrogen (secondary N) is 1. The number of morpholine rings is 1. The molecular formula is C24H27N5O2S. The van der Waals surface area contributed by atoms with Gasteiger partial charge in [-0.15, -0.1) is 11.3 Å². The Balaban J connectivity index is 1.31. The highest BCUT2D eigenvalue weighted by molar-refractivity contribution is 7.13. The van der Waals surface area contributed by atoms with E-state index in [0.717, 1.165) is 47.7 Å². The van der Waals surface area contributed by atoms with Gasteiger partial charge in [-0.05, 0) is 36.8 Å². The van der Waals surface area contributed by atoms with Crippen molar-refractivity contribution >= 4 is 33.2 Å². The Morgan fingerprint density at radius 3 is 2.97 bits per heavy atom. The second-order valence-corrected chi connectivity index (χ2v) is 8.97. The minimum atomic E-state index is -0.0569. The quantitative estimate of drug-likeness (QED) is 0.462. The Labute approximate surface area is 191 Å². The summed E-state index contributed by atoms with van der Waals surface area (Å²) in [6, 6.07) is 12.3. The maximum atomic E-state index is 6.10. The van der Waals surface area contributed by atoms with Gasteiger partial charge in [0.15, 0.2) is 5.13 Å². The number of anilines is 2. The minimum Gasteiger partial charge on any atom is -0.497 e. The van der Waals surface area contributed by atoms with Gasteiger partial charge in [0.2, 0.25) is 0 Å². The third kappa shape index (κ3) is 4.34. The van der Waals surface area contributed by atoms with Crippen molar-refractivity contribution in [1.82, 2.24) is 19.4 Å². The van der Waals surface area contributed by atoms with Crippen LogP contribution in [-0.4, -0.2) is 46.2 Å². The van der Waals surface area contributed by atoms with E-state index in [4.69, 9.17) is 14.5 Å². The number of ether oxygens (including phenoxy) is 2. The molecule has 166 valence electrons. The van der Waals surface area contributed by atoms with Gasteiger partial charge in [0.1, 0.15) is 17.7 Å². The van der Waals surface area contributed by atoms with Crippen LogP contribution in [0.15, 0.2) is 48.0 Å². The molecule has 8 heteroatoms. The number of nitrogens with zero attached hydrogens (tertiary/aromatic N) is 4. The molecule has 1 N–H and O–H groups in total. The van der Waals surface area contributed by atoms with E-state index < -0.39 is 0 Å². The summed E-state index contributed by atoms with van der Waals surface area (Å²) >= 11 is 1.58. The number of aryl methyl sites for hydroxylation is 2. The van der Waals surface area contributed by atoms with Gasteiger partial charge in [-0.1, -0.05) is 6.07 Å². The molecule has 7 nitrogen and oxygen atoms in total. The number of hydrogen-bond donors (Lipinski definition) is 1. The average Bonchev–Trinajstić information content (AvgIpc) is 3.36. The molecule has 3 aromatic heterocycles. The minimum absolute atomic E-state index is 0.0569. The lowest BCUT2D eigenvalue weighted by Crippen LogP contribution is -2.38. The number of benzene rings is 1. The van der Waals surface area contributed by atoms with Crippen LogP contribution in [0.4, 0.5) is 10.9 Å². The predicted molar refractivity (Wildman–Crippen MR) is 128 cm³/mol. The molecule has 0 radical (unpaired) electrons. The predicted octanol–water partition coefficient (Wildman–Crippen LogP) is 4.66. The lowest BCUT2D eigenvalue weighted by molar-refractivity contribution is -0.0348. The number of pyridine rings is 1. The van der Waals surface area contributed by atoms with Crippen LogP contribution in [0.3, 0.4) is 0 Å². The molecule has 0 unspecified atom stereocenters. The van der Waals surface area contributed by atoms with Crippen molar-refractivity contribution in [3.63, 3.8) is 0 Å². The van der Waals surface area contributed by atoms with Gasteiger partial charge < -0.3 is 19.4 Å². The molecule has 1 aliphatic rings. The van der Waals surface area contributed by atoms with E-state index in [-0.39, 0.29) is 6.10 Å². The van der Waals surface area contributed by atoms with Crippen molar-refractivity contribution in [1.29, 1.82) is 0 Å². The molecule has 32 heavy (non-hydrogen) atoms. The molecule has 1 aromatic carbocycles. The Kier molecular flexibility index (Phi) is 5.82. The van der Waals surface area contributed by atoms with E-state index in [1.807, 2.05) is 36.6 Å². The van der Waals surface area contributed by atoms with Crippen LogP contribution in [0.2, 0.25) is 0 Å². The van der Waals surface area contributed by atoms with E-state index in [9.17, 15) is 0 Å². The number of hydrogen-bond acceptors (Lipinski definition) is 7. The standard InChI is InChI=1S/C24H27N5O2S/c1-16-15-32-24(25-16)27-23-6-4-5-20(26-23)22-14-29(9-10-31-22)13-17-12-28(2)21-11-18(30-3)7-8-19(17)21/h4-8,11-12,15,22H,9-10,13-14H2,1-3H3,(H,25,26,27)/t22-/m1/s1. The number of methoxy groups -OCH3 is 1. The lowest BCUT2D eigenvalue weighted by Gasteiger charge is -2.32. The highest BCUT2D eigenvalue weighted by Gasteiger charge is 2.24. The molecule has 1 saturated heterocycles. The summed E-state index contributed by atoms with van der Waals surface area (Å²) < 4.78 is 13.7. The Hall–Kier alpha value is -2.94. The van der Waals surface area contributed by atoms with Gasteiger partial charge in [0.05, 0.1) is 30.6 Å². The maximum Gasteiger partial charge on any atom is 0.188 e. The van der Waals surface area contributed by atoms with Gasteiger partial charge in [-0.2, -0.15) is 0 Å². The van der Waals surface area contributed by atoms with Gasteiger partial charge in [-0.3, -0.25) is 4.90 Å². The van der Waals surface area contributed by atoms with Gasteiger partial charge in [-0.25, -0.2) is 9.97 Å². The molecule has 1 atom stereocenters. The van der Waals surface area contributed by atoms with Crippen molar-refractivity contribution in [3.05, 3.63) is 64.9 Å². The van der Waals surface area contributed by atoms with Gasteiger partial charge in [0.25, 0.3) is 0 Å². The van der Waals surface area contributed by atoms with Crippen molar-refractivity contribution in [2.75, 3.05) is 32.1 Å². The zero-order chi connectivity index (χ0) is 22.1. The molecule has 4 aromatic rings. The first kappa shape index (κ1) is 20.9. The van der Waals surface area contributed by atoms with E-state index >= 15 is 0 Å². The molecule has 1 aliphatic heterocycles. The second-order valence-electron chi connectivity index (χ2n) is 8.11. The maximum absolute atomic E-state index is 6.10. The molecule has 5 rings (SSSR count). The van der Waals surface area contributed by atoms with Gasteiger partial charge >= 0.3 is 0 Å². The second kappa shape index (κ2) is 8.90. The number of rotatable bonds is 6. The molecule has 4 heterocycles. The summed E-state index contributed by atoms with van der Waals surface area (Å²) in [5.41, 5.74) is 4.44. The third-order valence-electron chi connectivity index (χ3n) is 5.78. The van der Waals surface area contributed by atoms with Crippen LogP contribution in [0.5, 0.6) is 5.75 Å². The summed E-state index contributed by atoms with van der Waals surface area (Å²) in [6.45, 7) is 5.26. The van der Waals surface area contributed by atoms with Crippen molar-refractivity contribution in [2.24, 2.45) is 7.05 Å². The number of fused-ring (bicyclic) bond motifs is 1. The summed E-state index contributed by atoms with van der Waals surface area (Å²) in [6.07, 6.45) is 2.16. The lowest BCUT2D eigenvalue weighted by atomic mass is 10.1. The first-order valence-electron chi connectivity index (χ1n) is 10.7. The highest BCUT2D eigenvalue weighted by Crippen LogP contribution is 2.29. The molecule has 0 bridgehead atoms. The average molecular weight is 450 g/mol. The SMILES string of the molecule is COc1ccc2c(CN3CCO[C@@H](c4cccc(Nc5nc(C)cs5)n4)C3)cn(C)c2c1. The van der Waals surface area contributed by atoms with E-state index in [2.05, 4.69) is 45.1 Å². The number of aromatic nitrogens is 3. The van der Waals surface area contributed by atoms with Crippen LogP contribution < -0.4 is 10.1 Å². The molecule has 0 saturated carbocycles. The Morgan fingerprint density at radius 1 is 1.25 bits per heavy atom. The van der Waals surface area contributed by atoms with Crippen molar-refractivity contribution in [3.8, 4) is 5.75 Å². The summed E-state index contributed by atoms with van der Waals surface area (Å²) in [7, 11) is 3.79. The van der Waals surface area contributed by atoms with Crippen LogP contribution in [-0.2, 0) is 18.3 Å². The Bertz CT molecular complexity index is 1230. The van der Waals surface area contributed by atoms with Crippen molar-refractivity contribution < 1.29 is 9.47 Å². The zero-order valence-corrected chi connectivity index (χ0v) is 19.4. The number of thiazole rings is 1. The summed E-state index contributed by atoms with van der Waals surface area (Å²) in [5, 5.41) is 7.44. The van der Waals surface area contributed by atoms with E-state index in [1.165, 1.54) is 16.5 Å². The molecular weight excluding hydrogens is 422 g/mol.